The molecule has 0 radical (unpaired) electrons. The van der Waals surface area contributed by atoms with Crippen LogP contribution in [0.25, 0.3) is 10.9 Å². The lowest BCUT2D eigenvalue weighted by atomic mass is 10.1. The van der Waals surface area contributed by atoms with Crippen molar-refractivity contribution >= 4 is 16.8 Å². The molecule has 1 aromatic carbocycles. The first kappa shape index (κ1) is 11.7. The number of hydrogen-bond acceptors (Lipinski definition) is 2. The van der Waals surface area contributed by atoms with Gasteiger partial charge in [0.2, 0.25) is 0 Å². The molecule has 0 bridgehead atoms. The molecule has 1 atom stereocenters. The fourth-order valence-electron chi connectivity index (χ4n) is 1.70. The second kappa shape index (κ2) is 5.01. The molecule has 0 aliphatic carbocycles. The van der Waals surface area contributed by atoms with E-state index < -0.39 is 0 Å². The number of nitrogens with one attached hydrogen (secondary N) is 2. The first-order valence-electron chi connectivity index (χ1n) is 5.76. The van der Waals surface area contributed by atoms with Gasteiger partial charge in [0.1, 0.15) is 0 Å². The SMILES string of the molecule is CC(CN)CNC(=O)c1c[nH]c2ccccc12. The minimum absolute atomic E-state index is 0.0530. The van der Waals surface area contributed by atoms with Gasteiger partial charge in [0, 0.05) is 23.6 Å². The van der Waals surface area contributed by atoms with E-state index in [0.29, 0.717) is 24.6 Å². The van der Waals surface area contributed by atoms with E-state index in [-0.39, 0.29) is 5.91 Å². The molecule has 0 spiro atoms. The smallest absolute Gasteiger partial charge is 0.253 e. The molecule has 2 aromatic rings. The molecule has 0 aliphatic rings. The van der Waals surface area contributed by atoms with Gasteiger partial charge in [-0.05, 0) is 18.5 Å². The van der Waals surface area contributed by atoms with Crippen LogP contribution in [-0.2, 0) is 0 Å². The molecule has 1 aromatic heterocycles. The Morgan fingerprint density at radius 2 is 2.24 bits per heavy atom. The summed E-state index contributed by atoms with van der Waals surface area (Å²) in [7, 11) is 0. The van der Waals surface area contributed by atoms with Crippen molar-refractivity contribution < 1.29 is 4.79 Å². The Bertz CT molecular complexity index is 518. The largest absolute Gasteiger partial charge is 0.360 e. The van der Waals surface area contributed by atoms with Crippen molar-refractivity contribution in [3.8, 4) is 0 Å². The third-order valence-corrected chi connectivity index (χ3v) is 2.85. The monoisotopic (exact) mass is 231 g/mol. The maximum Gasteiger partial charge on any atom is 0.253 e. The third kappa shape index (κ3) is 2.47. The number of carbonyl (C=O) groups excluding carboxylic acids is 1. The van der Waals surface area contributed by atoms with Crippen molar-refractivity contribution in [3.05, 3.63) is 36.0 Å². The zero-order valence-corrected chi connectivity index (χ0v) is 9.86. The van der Waals surface area contributed by atoms with Crippen LogP contribution in [-0.4, -0.2) is 24.0 Å². The summed E-state index contributed by atoms with van der Waals surface area (Å²) in [4.78, 5) is 15.1. The van der Waals surface area contributed by atoms with Gasteiger partial charge in [0.15, 0.2) is 0 Å². The average molecular weight is 231 g/mol. The summed E-state index contributed by atoms with van der Waals surface area (Å²) in [6, 6.07) is 7.76. The van der Waals surface area contributed by atoms with Gasteiger partial charge in [-0.15, -0.1) is 0 Å². The van der Waals surface area contributed by atoms with Crippen molar-refractivity contribution in [1.82, 2.24) is 10.3 Å². The third-order valence-electron chi connectivity index (χ3n) is 2.85. The van der Waals surface area contributed by atoms with Gasteiger partial charge in [-0.25, -0.2) is 0 Å². The van der Waals surface area contributed by atoms with Crippen molar-refractivity contribution in [2.24, 2.45) is 11.7 Å². The van der Waals surface area contributed by atoms with Crippen LogP contribution in [0, 0.1) is 5.92 Å². The van der Waals surface area contributed by atoms with E-state index in [1.165, 1.54) is 0 Å². The van der Waals surface area contributed by atoms with Crippen molar-refractivity contribution in [2.75, 3.05) is 13.1 Å². The second-order valence-corrected chi connectivity index (χ2v) is 4.30. The lowest BCUT2D eigenvalue weighted by Crippen LogP contribution is -2.31. The van der Waals surface area contributed by atoms with Crippen LogP contribution in [0.1, 0.15) is 17.3 Å². The molecule has 1 unspecified atom stereocenters. The Morgan fingerprint density at radius 1 is 1.47 bits per heavy atom. The Labute approximate surface area is 100 Å². The molecule has 1 amide bonds. The van der Waals surface area contributed by atoms with Crippen LogP contribution in [0.3, 0.4) is 0 Å². The normalized spacial score (nSPS) is 12.6. The van der Waals surface area contributed by atoms with Crippen LogP contribution >= 0.6 is 0 Å². The number of nitrogens with two attached hydrogens (primary N) is 1. The maximum absolute atomic E-state index is 12.0. The standard InChI is InChI=1S/C13H17N3O/c1-9(6-14)7-16-13(17)11-8-15-12-5-3-2-4-10(11)12/h2-5,8-9,15H,6-7,14H2,1H3,(H,16,17). The summed E-state index contributed by atoms with van der Waals surface area (Å²) in [6.07, 6.45) is 1.74. The van der Waals surface area contributed by atoms with Crippen LogP contribution in [0.15, 0.2) is 30.5 Å². The molecule has 90 valence electrons. The molecular weight excluding hydrogens is 214 g/mol. The Hall–Kier alpha value is -1.81. The van der Waals surface area contributed by atoms with E-state index in [4.69, 9.17) is 5.73 Å². The number of H-pyrrole nitrogens is 1. The van der Waals surface area contributed by atoms with E-state index in [1.54, 1.807) is 6.20 Å². The van der Waals surface area contributed by atoms with Crippen LogP contribution in [0.4, 0.5) is 0 Å². The summed E-state index contributed by atoms with van der Waals surface area (Å²) in [5.74, 6) is 0.243. The number of amides is 1. The molecular formula is C13H17N3O. The molecule has 0 saturated heterocycles. The van der Waals surface area contributed by atoms with E-state index in [1.807, 2.05) is 31.2 Å². The molecule has 17 heavy (non-hydrogen) atoms. The highest BCUT2D eigenvalue weighted by Gasteiger charge is 2.11. The maximum atomic E-state index is 12.0. The molecule has 4 heteroatoms. The fourth-order valence-corrected chi connectivity index (χ4v) is 1.70. The Balaban J connectivity index is 2.14. The van der Waals surface area contributed by atoms with Gasteiger partial charge >= 0.3 is 0 Å². The summed E-state index contributed by atoms with van der Waals surface area (Å²) in [5, 5.41) is 3.84. The molecule has 4 N–H and O–H groups in total. The summed E-state index contributed by atoms with van der Waals surface area (Å²) >= 11 is 0. The van der Waals surface area contributed by atoms with Gasteiger partial charge in [0.25, 0.3) is 5.91 Å². The van der Waals surface area contributed by atoms with Crippen LogP contribution in [0.5, 0.6) is 0 Å². The minimum Gasteiger partial charge on any atom is -0.360 e. The van der Waals surface area contributed by atoms with Crippen LogP contribution < -0.4 is 11.1 Å². The number of carbonyl (C=O) groups is 1. The first-order valence-corrected chi connectivity index (χ1v) is 5.76. The van der Waals surface area contributed by atoms with Gasteiger partial charge < -0.3 is 16.0 Å². The van der Waals surface area contributed by atoms with E-state index in [9.17, 15) is 4.79 Å². The number of para-hydroxylation sites is 1. The summed E-state index contributed by atoms with van der Waals surface area (Å²) < 4.78 is 0. The molecule has 1 heterocycles. The zero-order chi connectivity index (χ0) is 12.3. The van der Waals surface area contributed by atoms with Crippen LogP contribution in [0.2, 0.25) is 0 Å². The minimum atomic E-state index is -0.0530. The Kier molecular flexibility index (Phi) is 3.44. The quantitative estimate of drug-likeness (QED) is 0.746. The second-order valence-electron chi connectivity index (χ2n) is 4.30. The highest BCUT2D eigenvalue weighted by Crippen LogP contribution is 2.17. The van der Waals surface area contributed by atoms with E-state index in [2.05, 4.69) is 10.3 Å². The predicted octanol–water partition coefficient (Wildman–Crippen LogP) is 1.49. The molecule has 2 rings (SSSR count). The van der Waals surface area contributed by atoms with Gasteiger partial charge in [-0.3, -0.25) is 4.79 Å². The lowest BCUT2D eigenvalue weighted by Gasteiger charge is -2.09. The zero-order valence-electron chi connectivity index (χ0n) is 9.86. The molecule has 0 aliphatic heterocycles. The highest BCUT2D eigenvalue weighted by molar-refractivity contribution is 6.06. The number of aromatic amines is 1. The predicted molar refractivity (Wildman–Crippen MR) is 68.9 cm³/mol. The van der Waals surface area contributed by atoms with E-state index >= 15 is 0 Å². The summed E-state index contributed by atoms with van der Waals surface area (Å²) in [5.41, 5.74) is 7.17. The number of benzene rings is 1. The van der Waals surface area contributed by atoms with E-state index in [0.717, 1.165) is 10.9 Å². The Morgan fingerprint density at radius 3 is 3.00 bits per heavy atom. The number of aromatic nitrogens is 1. The fraction of sp³-hybridized carbons (Fsp3) is 0.308. The molecule has 0 saturated carbocycles. The van der Waals surface area contributed by atoms with Gasteiger partial charge in [-0.1, -0.05) is 25.1 Å². The van der Waals surface area contributed by atoms with Gasteiger partial charge in [0.05, 0.1) is 5.56 Å². The number of hydrogen-bond donors (Lipinski definition) is 3. The lowest BCUT2D eigenvalue weighted by molar-refractivity contribution is 0.0950. The van der Waals surface area contributed by atoms with Crippen molar-refractivity contribution in [3.63, 3.8) is 0 Å². The van der Waals surface area contributed by atoms with Gasteiger partial charge in [-0.2, -0.15) is 0 Å². The van der Waals surface area contributed by atoms with Crippen molar-refractivity contribution in [2.45, 2.75) is 6.92 Å². The number of fused-ring (bicyclic) bond motifs is 1. The number of rotatable bonds is 4. The molecule has 0 fully saturated rings. The average Bonchev–Trinajstić information content (AvgIpc) is 2.79. The summed E-state index contributed by atoms with van der Waals surface area (Å²) in [6.45, 7) is 3.19. The highest BCUT2D eigenvalue weighted by atomic mass is 16.1. The molecule has 4 nitrogen and oxygen atoms in total. The van der Waals surface area contributed by atoms with Crippen molar-refractivity contribution in [1.29, 1.82) is 0 Å². The first-order chi connectivity index (χ1) is 8.22. The topological polar surface area (TPSA) is 70.9 Å².